The van der Waals surface area contributed by atoms with Crippen molar-refractivity contribution in [1.82, 2.24) is 4.90 Å². The fourth-order valence-electron chi connectivity index (χ4n) is 3.56. The molecular weight excluding hydrogens is 410 g/mol. The molecule has 8 heteroatoms. The normalized spacial score (nSPS) is 19.9. The first kappa shape index (κ1) is 18.0. The Labute approximate surface area is 174 Å². The Morgan fingerprint density at radius 2 is 1.86 bits per heavy atom. The van der Waals surface area contributed by atoms with Crippen molar-refractivity contribution in [2.45, 2.75) is 12.6 Å². The summed E-state index contributed by atoms with van der Waals surface area (Å²) in [5.41, 5.74) is 0.498. The van der Waals surface area contributed by atoms with Crippen LogP contribution in [0, 0.1) is 0 Å². The number of carbonyl (C=O) groups is 2. The molecule has 6 nitrogen and oxygen atoms in total. The van der Waals surface area contributed by atoms with Crippen molar-refractivity contribution < 1.29 is 24.2 Å². The van der Waals surface area contributed by atoms with E-state index in [2.05, 4.69) is 0 Å². The molecule has 2 aromatic heterocycles. The van der Waals surface area contributed by atoms with E-state index in [1.807, 2.05) is 35.0 Å². The van der Waals surface area contributed by atoms with E-state index in [0.717, 1.165) is 9.75 Å². The second-order valence-corrected chi connectivity index (χ2v) is 8.60. The van der Waals surface area contributed by atoms with E-state index >= 15 is 0 Å². The number of ether oxygens (including phenoxy) is 2. The summed E-state index contributed by atoms with van der Waals surface area (Å²) in [6.07, 6.45) is 0. The molecule has 0 radical (unpaired) electrons. The average molecular weight is 425 g/mol. The molecule has 1 aromatic carbocycles. The largest absolute Gasteiger partial charge is 0.507 e. The molecule has 1 atom stereocenters. The maximum atomic E-state index is 12.9. The molecule has 1 N–H and O–H groups in total. The fourth-order valence-corrected chi connectivity index (χ4v) is 5.10. The van der Waals surface area contributed by atoms with Gasteiger partial charge in [0.25, 0.3) is 11.7 Å². The molecule has 146 valence electrons. The highest BCUT2D eigenvalue weighted by molar-refractivity contribution is 7.10. The summed E-state index contributed by atoms with van der Waals surface area (Å²) in [6, 6.07) is 11.9. The van der Waals surface area contributed by atoms with Gasteiger partial charge in [-0.2, -0.15) is 0 Å². The van der Waals surface area contributed by atoms with Gasteiger partial charge >= 0.3 is 0 Å². The molecule has 3 aromatic rings. The SMILES string of the molecule is O=C1C(=O)N(Cc2cccs2)C(c2cccs2)/C1=C(/O)c1ccc2c(c1)OCO2. The monoisotopic (exact) mass is 425 g/mol. The maximum Gasteiger partial charge on any atom is 0.296 e. The van der Waals surface area contributed by atoms with Gasteiger partial charge in [0.15, 0.2) is 11.5 Å². The predicted molar refractivity (Wildman–Crippen MR) is 109 cm³/mol. The lowest BCUT2D eigenvalue weighted by Crippen LogP contribution is -2.28. The number of thiophene rings is 2. The van der Waals surface area contributed by atoms with E-state index in [0.29, 0.717) is 23.6 Å². The molecule has 2 aliphatic rings. The molecule has 1 saturated heterocycles. The smallest absolute Gasteiger partial charge is 0.296 e. The number of fused-ring (bicyclic) bond motifs is 1. The first-order valence-corrected chi connectivity index (χ1v) is 10.6. The van der Waals surface area contributed by atoms with E-state index in [4.69, 9.17) is 9.47 Å². The number of hydrogen-bond donors (Lipinski definition) is 1. The Balaban J connectivity index is 1.62. The zero-order valence-electron chi connectivity index (χ0n) is 15.0. The third-order valence-electron chi connectivity index (χ3n) is 4.90. The molecule has 1 amide bonds. The lowest BCUT2D eigenvalue weighted by atomic mass is 9.99. The Morgan fingerprint density at radius 1 is 1.07 bits per heavy atom. The van der Waals surface area contributed by atoms with Crippen LogP contribution in [-0.2, 0) is 16.1 Å². The van der Waals surface area contributed by atoms with Gasteiger partial charge in [0.05, 0.1) is 12.1 Å². The molecule has 0 bridgehead atoms. The lowest BCUT2D eigenvalue weighted by Gasteiger charge is -2.23. The Hall–Kier alpha value is -3.10. The van der Waals surface area contributed by atoms with Crippen LogP contribution in [0.25, 0.3) is 5.76 Å². The van der Waals surface area contributed by atoms with Crippen LogP contribution in [0.4, 0.5) is 0 Å². The minimum absolute atomic E-state index is 0.0906. The zero-order valence-corrected chi connectivity index (χ0v) is 16.7. The summed E-state index contributed by atoms with van der Waals surface area (Å²) in [4.78, 5) is 29.1. The van der Waals surface area contributed by atoms with E-state index in [1.165, 1.54) is 27.6 Å². The molecule has 4 heterocycles. The van der Waals surface area contributed by atoms with Gasteiger partial charge in [-0.1, -0.05) is 12.1 Å². The molecule has 1 unspecified atom stereocenters. The van der Waals surface area contributed by atoms with Crippen LogP contribution < -0.4 is 9.47 Å². The van der Waals surface area contributed by atoms with Crippen LogP contribution in [0.3, 0.4) is 0 Å². The minimum Gasteiger partial charge on any atom is -0.507 e. The van der Waals surface area contributed by atoms with Gasteiger partial charge in [-0.05, 0) is 41.1 Å². The first-order valence-electron chi connectivity index (χ1n) is 8.87. The molecule has 2 aliphatic heterocycles. The van der Waals surface area contributed by atoms with E-state index in [9.17, 15) is 14.7 Å². The number of Topliss-reactive ketones (excluding diaryl/α,β-unsaturated/α-hetero) is 1. The fraction of sp³-hybridized carbons (Fsp3) is 0.143. The van der Waals surface area contributed by atoms with Crippen molar-refractivity contribution in [1.29, 1.82) is 0 Å². The highest BCUT2D eigenvalue weighted by Gasteiger charge is 2.46. The van der Waals surface area contributed by atoms with Gasteiger partial charge < -0.3 is 19.5 Å². The molecule has 0 spiro atoms. The van der Waals surface area contributed by atoms with Crippen molar-refractivity contribution in [3.63, 3.8) is 0 Å². The van der Waals surface area contributed by atoms with Crippen molar-refractivity contribution in [3.8, 4) is 11.5 Å². The second-order valence-electron chi connectivity index (χ2n) is 6.59. The van der Waals surface area contributed by atoms with Crippen LogP contribution in [-0.4, -0.2) is 28.5 Å². The summed E-state index contributed by atoms with van der Waals surface area (Å²) in [7, 11) is 0. The third kappa shape index (κ3) is 3.01. The van der Waals surface area contributed by atoms with E-state index in [1.54, 1.807) is 18.2 Å². The standard InChI is InChI=1S/C21H15NO5S2/c23-19(12-5-6-14-15(9-12)27-11-26-14)17-18(16-4-2-8-29-16)22(21(25)20(17)24)10-13-3-1-7-28-13/h1-9,18,23H,10-11H2/b19-17-. The maximum absolute atomic E-state index is 12.9. The summed E-state index contributed by atoms with van der Waals surface area (Å²) in [6.45, 7) is 0.419. The third-order valence-corrected chi connectivity index (χ3v) is 6.69. The van der Waals surface area contributed by atoms with Crippen molar-refractivity contribution in [3.05, 3.63) is 74.1 Å². The van der Waals surface area contributed by atoms with E-state index in [-0.39, 0.29) is 18.1 Å². The highest BCUT2D eigenvalue weighted by atomic mass is 32.1. The van der Waals surface area contributed by atoms with Crippen molar-refractivity contribution in [2.24, 2.45) is 0 Å². The molecule has 0 aliphatic carbocycles. The molecular formula is C21H15NO5S2. The summed E-state index contributed by atoms with van der Waals surface area (Å²) in [5, 5.41) is 14.9. The van der Waals surface area contributed by atoms with Gasteiger partial charge in [-0.3, -0.25) is 9.59 Å². The van der Waals surface area contributed by atoms with Crippen LogP contribution in [0.2, 0.25) is 0 Å². The van der Waals surface area contributed by atoms with Crippen LogP contribution in [0.1, 0.15) is 21.4 Å². The summed E-state index contributed by atoms with van der Waals surface area (Å²) >= 11 is 2.97. The zero-order chi connectivity index (χ0) is 20.0. The molecule has 29 heavy (non-hydrogen) atoms. The summed E-state index contributed by atoms with van der Waals surface area (Å²) < 4.78 is 10.7. The Kier molecular flexibility index (Phi) is 4.37. The predicted octanol–water partition coefficient (Wildman–Crippen LogP) is 4.16. The average Bonchev–Trinajstić information content (AvgIpc) is 3.51. The van der Waals surface area contributed by atoms with Crippen LogP contribution in [0.15, 0.2) is 58.8 Å². The Bertz CT molecular complexity index is 1120. The number of likely N-dealkylation sites (tertiary alicyclic amines) is 1. The molecule has 5 rings (SSSR count). The van der Waals surface area contributed by atoms with Gasteiger partial charge in [0, 0.05) is 15.3 Å². The Morgan fingerprint density at radius 3 is 2.62 bits per heavy atom. The molecule has 1 fully saturated rings. The summed E-state index contributed by atoms with van der Waals surface area (Å²) in [5.74, 6) is -0.438. The number of rotatable bonds is 4. The number of ketones is 1. The second kappa shape index (κ2) is 7.06. The van der Waals surface area contributed by atoms with Gasteiger partial charge in [-0.25, -0.2) is 0 Å². The first-order chi connectivity index (χ1) is 14.1. The van der Waals surface area contributed by atoms with Gasteiger partial charge in [0.2, 0.25) is 6.79 Å². The number of benzene rings is 1. The highest BCUT2D eigenvalue weighted by Crippen LogP contribution is 2.43. The number of hydrogen-bond acceptors (Lipinski definition) is 7. The van der Waals surface area contributed by atoms with Gasteiger partial charge in [0.1, 0.15) is 11.8 Å². The quantitative estimate of drug-likeness (QED) is 0.386. The van der Waals surface area contributed by atoms with Crippen molar-refractivity contribution >= 4 is 40.1 Å². The number of carbonyl (C=O) groups excluding carboxylic acids is 2. The van der Waals surface area contributed by atoms with Crippen LogP contribution in [0.5, 0.6) is 11.5 Å². The number of aliphatic hydroxyl groups excluding tert-OH is 1. The lowest BCUT2D eigenvalue weighted by molar-refractivity contribution is -0.140. The number of amides is 1. The van der Waals surface area contributed by atoms with E-state index < -0.39 is 17.7 Å². The van der Waals surface area contributed by atoms with Crippen LogP contribution >= 0.6 is 22.7 Å². The molecule has 0 saturated carbocycles. The number of aliphatic hydroxyl groups is 1. The minimum atomic E-state index is -0.685. The van der Waals surface area contributed by atoms with Crippen molar-refractivity contribution in [2.75, 3.05) is 6.79 Å². The van der Waals surface area contributed by atoms with Gasteiger partial charge in [-0.15, -0.1) is 22.7 Å². The topological polar surface area (TPSA) is 76.1 Å². The number of nitrogens with zero attached hydrogens (tertiary/aromatic N) is 1.